The Morgan fingerprint density at radius 1 is 0.452 bits per heavy atom. The summed E-state index contributed by atoms with van der Waals surface area (Å²) in [4.78, 5) is 9.65. The molecule has 12 nitrogen and oxygen atoms in total. The molecule has 4 heterocycles. The van der Waals surface area contributed by atoms with Crippen LogP contribution in [0.5, 0.6) is 11.5 Å². The number of aliphatic hydroxyl groups excluding tert-OH is 4. The van der Waals surface area contributed by atoms with Crippen LogP contribution in [0.4, 0.5) is 22.7 Å². The molecule has 11 unspecified atom stereocenters. The number of aliphatic hydroxyl groups is 4. The van der Waals surface area contributed by atoms with Crippen molar-refractivity contribution in [3.63, 3.8) is 0 Å². The number of hydrogen-bond acceptors (Lipinski definition) is 12. The smallest absolute Gasteiger partial charge is 0.119 e. The first-order valence-electron chi connectivity index (χ1n) is 35.3. The molecule has 0 spiro atoms. The number of β-amino-alcohol motifs (C(OH)–C–C–N with tert-alkyl or cyclic N) is 3. The van der Waals surface area contributed by atoms with Crippen LogP contribution in [0.25, 0.3) is 0 Å². The molecule has 0 radical (unpaired) electrons. The molecule has 0 bridgehead atoms. The minimum atomic E-state index is -0.932. The number of ether oxygens (including phenoxy) is 4. The van der Waals surface area contributed by atoms with Crippen LogP contribution in [0.15, 0.2) is 146 Å². The van der Waals surface area contributed by atoms with E-state index in [1.807, 2.05) is 24.3 Å². The zero-order chi connectivity index (χ0) is 66.5. The maximum absolute atomic E-state index is 13.1. The van der Waals surface area contributed by atoms with Gasteiger partial charge in [-0.25, -0.2) is 0 Å². The monoisotopic (exact) mass is 1270 g/mol. The molecule has 0 fully saturated rings. The number of hydrogen-bond donors (Lipinski definition) is 4. The molecule has 10 rings (SSSR count). The third kappa shape index (κ3) is 15.1. The minimum absolute atomic E-state index is 0.0724. The molecular weight excluding hydrogens is 1160 g/mol. The molecule has 0 amide bonds. The van der Waals surface area contributed by atoms with Gasteiger partial charge in [0.1, 0.15) is 36.9 Å². The first-order chi connectivity index (χ1) is 44.5. The predicted octanol–water partition coefficient (Wildman–Crippen LogP) is 15.7. The third-order valence-electron chi connectivity index (χ3n) is 22.4. The van der Waals surface area contributed by atoms with Gasteiger partial charge in [-0.15, -0.1) is 0 Å². The van der Waals surface area contributed by atoms with E-state index in [2.05, 4.69) is 231 Å². The van der Waals surface area contributed by atoms with Crippen LogP contribution in [0, 0.1) is 0 Å². The molecule has 93 heavy (non-hydrogen) atoms. The molecule has 4 N–H and O–H groups in total. The summed E-state index contributed by atoms with van der Waals surface area (Å²) >= 11 is 0. The van der Waals surface area contributed by atoms with Crippen LogP contribution in [0.1, 0.15) is 205 Å². The summed E-state index contributed by atoms with van der Waals surface area (Å²) < 4.78 is 25.6. The first-order valence-corrected chi connectivity index (χ1v) is 35.3. The topological polar surface area (TPSA) is 131 Å². The number of rotatable bonds is 29. The second-order valence-electron chi connectivity index (χ2n) is 30.0. The normalized spacial score (nSPS) is 24.5. The van der Waals surface area contributed by atoms with Crippen molar-refractivity contribution < 1.29 is 39.4 Å². The number of nitrogens with zero attached hydrogens (tertiary/aromatic N) is 4. The molecule has 12 heteroatoms. The van der Waals surface area contributed by atoms with E-state index in [0.29, 0.717) is 61.2 Å². The number of para-hydroxylation sites is 4. The van der Waals surface area contributed by atoms with Crippen molar-refractivity contribution in [3.05, 3.63) is 179 Å². The molecule has 504 valence electrons. The summed E-state index contributed by atoms with van der Waals surface area (Å²) in [6, 6.07) is 50.8. The van der Waals surface area contributed by atoms with E-state index in [9.17, 15) is 20.4 Å². The SMILES string of the molecule is CCC1CC(C)(CC)N(CC(O)COCCOCC(O)C(CC(C)(c2ccc(OCC(O)CN3c4ccccc4C(C)CC3(C)C)cc2)c2ccc(OCC(O)CN3c4ccccc4C(C)CC3(C)C)cc2)N2c3ccccc3C(CC)CC2(C)CC)c2ccccc21. The van der Waals surface area contributed by atoms with Crippen LogP contribution in [0.2, 0.25) is 0 Å². The summed E-state index contributed by atoms with van der Waals surface area (Å²) in [5.41, 5.74) is 10.7. The maximum atomic E-state index is 13.1. The highest BCUT2D eigenvalue weighted by Crippen LogP contribution is 2.52. The second-order valence-corrected chi connectivity index (χ2v) is 30.0. The molecule has 6 aromatic carbocycles. The lowest BCUT2D eigenvalue weighted by atomic mass is 9.68. The van der Waals surface area contributed by atoms with Gasteiger partial charge in [-0.1, -0.05) is 146 Å². The van der Waals surface area contributed by atoms with E-state index in [0.717, 1.165) is 68.2 Å². The number of benzene rings is 6. The van der Waals surface area contributed by atoms with Gasteiger partial charge in [-0.2, -0.15) is 0 Å². The lowest BCUT2D eigenvalue weighted by Gasteiger charge is -2.55. The lowest BCUT2D eigenvalue weighted by Crippen LogP contribution is -2.60. The van der Waals surface area contributed by atoms with Crippen molar-refractivity contribution in [2.75, 3.05) is 78.9 Å². The van der Waals surface area contributed by atoms with Crippen molar-refractivity contribution in [2.45, 2.75) is 229 Å². The van der Waals surface area contributed by atoms with E-state index < -0.39 is 35.9 Å². The Morgan fingerprint density at radius 3 is 1.28 bits per heavy atom. The van der Waals surface area contributed by atoms with Gasteiger partial charge in [-0.3, -0.25) is 0 Å². The summed E-state index contributed by atoms with van der Waals surface area (Å²) in [6.07, 6.45) is 5.30. The van der Waals surface area contributed by atoms with Gasteiger partial charge < -0.3 is 59.0 Å². The van der Waals surface area contributed by atoms with Crippen molar-refractivity contribution >= 4 is 22.7 Å². The Balaban J connectivity index is 0.900. The molecule has 0 aliphatic carbocycles. The first kappa shape index (κ1) is 69.7. The van der Waals surface area contributed by atoms with Gasteiger partial charge in [0.15, 0.2) is 0 Å². The molecule has 0 aromatic heterocycles. The summed E-state index contributed by atoms with van der Waals surface area (Å²) in [7, 11) is 0. The van der Waals surface area contributed by atoms with Crippen molar-refractivity contribution in [1.29, 1.82) is 0 Å². The van der Waals surface area contributed by atoms with Crippen LogP contribution in [-0.2, 0) is 14.9 Å². The molecule has 4 aliphatic rings. The Hall–Kier alpha value is -6.12. The number of anilines is 4. The van der Waals surface area contributed by atoms with E-state index in [1.165, 1.54) is 39.3 Å². The number of fused-ring (bicyclic) bond motifs is 4. The molecule has 6 aromatic rings. The van der Waals surface area contributed by atoms with Gasteiger partial charge in [0, 0.05) is 70.0 Å². The Morgan fingerprint density at radius 2 is 0.828 bits per heavy atom. The summed E-state index contributed by atoms with van der Waals surface area (Å²) in [5, 5.41) is 48.1. The Bertz CT molecular complexity index is 3250. The van der Waals surface area contributed by atoms with Gasteiger partial charge in [0.2, 0.25) is 0 Å². The van der Waals surface area contributed by atoms with E-state index in [4.69, 9.17) is 18.9 Å². The van der Waals surface area contributed by atoms with Crippen LogP contribution >= 0.6 is 0 Å². The zero-order valence-electron chi connectivity index (χ0n) is 58.5. The lowest BCUT2D eigenvalue weighted by molar-refractivity contribution is -0.0251. The van der Waals surface area contributed by atoms with Crippen LogP contribution in [0.3, 0.4) is 0 Å². The van der Waals surface area contributed by atoms with E-state index in [-0.39, 0.29) is 61.8 Å². The minimum Gasteiger partial charge on any atom is -0.491 e. The average molecular weight is 1270 g/mol. The third-order valence-corrected chi connectivity index (χ3v) is 22.4. The highest BCUT2D eigenvalue weighted by atomic mass is 16.5. The van der Waals surface area contributed by atoms with E-state index >= 15 is 0 Å². The largest absolute Gasteiger partial charge is 0.491 e. The van der Waals surface area contributed by atoms with Gasteiger partial charge in [0.05, 0.1) is 44.7 Å². The van der Waals surface area contributed by atoms with Gasteiger partial charge >= 0.3 is 0 Å². The fourth-order valence-electron chi connectivity index (χ4n) is 16.9. The quantitative estimate of drug-likeness (QED) is 0.0334. The molecule has 4 aliphatic heterocycles. The Kier molecular flexibility index (Phi) is 22.1. The maximum Gasteiger partial charge on any atom is 0.119 e. The fourth-order valence-corrected chi connectivity index (χ4v) is 16.9. The predicted molar refractivity (Wildman–Crippen MR) is 382 cm³/mol. The van der Waals surface area contributed by atoms with E-state index in [1.54, 1.807) is 0 Å². The highest BCUT2D eigenvalue weighted by Gasteiger charge is 2.48. The van der Waals surface area contributed by atoms with Gasteiger partial charge in [0.25, 0.3) is 0 Å². The Labute approximate surface area is 558 Å². The summed E-state index contributed by atoms with van der Waals surface area (Å²) in [6.45, 7) is 32.1. The van der Waals surface area contributed by atoms with Crippen molar-refractivity contribution in [2.24, 2.45) is 0 Å². The second kappa shape index (κ2) is 29.5. The van der Waals surface area contributed by atoms with Gasteiger partial charge in [-0.05, 0) is 205 Å². The standard InChI is InChI=1S/C81H112N4O8/c1-14-58-46-79(11,16-3)84(73-32-24-20-28-69(58)73)51-62(86)52-90-42-43-91-55-76(89)75(85-74-33-25-21-29-70(74)59(15-2)47-80(85,12)17-4)48-81(13,60-34-38-65(39-35-60)92-53-63(87)49-82-71-30-22-18-26-67(71)56(5)44-77(82,7)8)61-36-40-66(41-37-61)93-54-64(88)50-83-72-31-23-19-27-68(72)57(6)45-78(83,9)10/h18-41,56-59,62-64,75-76,86-89H,14-17,42-55H2,1-13H3. The summed E-state index contributed by atoms with van der Waals surface area (Å²) in [5.74, 6) is 3.02. The van der Waals surface area contributed by atoms with Crippen molar-refractivity contribution in [1.82, 2.24) is 0 Å². The zero-order valence-corrected chi connectivity index (χ0v) is 58.5. The van der Waals surface area contributed by atoms with Crippen LogP contribution < -0.4 is 29.1 Å². The molecular formula is C81H112N4O8. The average Bonchev–Trinajstić information content (AvgIpc) is 0.755. The van der Waals surface area contributed by atoms with Crippen LogP contribution in [-0.4, -0.2) is 132 Å². The molecule has 0 saturated heterocycles. The fraction of sp³-hybridized carbons (Fsp3) is 0.556. The highest BCUT2D eigenvalue weighted by molar-refractivity contribution is 5.64. The molecule has 0 saturated carbocycles. The van der Waals surface area contributed by atoms with Crippen molar-refractivity contribution in [3.8, 4) is 11.5 Å². The molecule has 11 atom stereocenters.